The Kier molecular flexibility index (Phi) is 4.15. The number of benzene rings is 1. The Morgan fingerprint density at radius 1 is 0.812 bits per heavy atom. The quantitative estimate of drug-likeness (QED) is 0.716. The fourth-order valence-corrected chi connectivity index (χ4v) is 1.89. The second-order valence-electron chi connectivity index (χ2n) is 4.28. The van der Waals surface area contributed by atoms with E-state index < -0.39 is 0 Å². The number of rotatable bonds is 1. The summed E-state index contributed by atoms with van der Waals surface area (Å²) in [7, 11) is 0. The number of hydrogen-bond donors (Lipinski definition) is 1. The molecule has 0 bridgehead atoms. The highest BCUT2D eigenvalue weighted by Crippen LogP contribution is 2.25. The van der Waals surface area contributed by atoms with Gasteiger partial charge in [0, 0.05) is 12.0 Å². The summed E-state index contributed by atoms with van der Waals surface area (Å²) in [6, 6.07) is 0. The number of aliphatic hydroxyl groups excluding tert-OH is 1. The van der Waals surface area contributed by atoms with Gasteiger partial charge in [-0.15, -0.1) is 0 Å². The van der Waals surface area contributed by atoms with E-state index in [2.05, 4.69) is 46.5 Å². The number of hydrogen-bond acceptors (Lipinski definition) is 1. The second kappa shape index (κ2) is 5.18. The molecule has 86 valence electrons. The van der Waals surface area contributed by atoms with Crippen molar-refractivity contribution in [1.29, 1.82) is 0 Å². The molecular formula is C15H20O. The molecule has 1 aromatic carbocycles. The maximum Gasteiger partial charge on any atom is 0.0540 e. The van der Waals surface area contributed by atoms with Crippen LogP contribution in [0.25, 0.3) is 0 Å². The summed E-state index contributed by atoms with van der Waals surface area (Å²) in [6.45, 7) is 10.8. The molecule has 0 amide bonds. The summed E-state index contributed by atoms with van der Waals surface area (Å²) >= 11 is 0. The summed E-state index contributed by atoms with van der Waals surface area (Å²) in [5.41, 5.74) is 7.70. The van der Waals surface area contributed by atoms with Crippen molar-refractivity contribution < 1.29 is 5.11 Å². The minimum Gasteiger partial charge on any atom is -0.395 e. The highest BCUT2D eigenvalue weighted by molar-refractivity contribution is 5.56. The Balaban J connectivity index is 3.36. The molecule has 16 heavy (non-hydrogen) atoms. The predicted octanol–water partition coefficient (Wildman–Crippen LogP) is 2.96. The van der Waals surface area contributed by atoms with Gasteiger partial charge in [0.2, 0.25) is 0 Å². The molecule has 1 N–H and O–H groups in total. The van der Waals surface area contributed by atoms with E-state index in [0.29, 0.717) is 6.42 Å². The third kappa shape index (κ3) is 2.28. The Labute approximate surface area is 98.5 Å². The molecule has 0 heterocycles. The maximum absolute atomic E-state index is 8.73. The van der Waals surface area contributed by atoms with E-state index in [1.54, 1.807) is 0 Å². The van der Waals surface area contributed by atoms with Crippen molar-refractivity contribution in [1.82, 2.24) is 0 Å². The molecule has 1 rings (SSSR count). The van der Waals surface area contributed by atoms with Crippen molar-refractivity contribution >= 4 is 0 Å². The first-order valence-corrected chi connectivity index (χ1v) is 5.67. The lowest BCUT2D eigenvalue weighted by atomic mass is 9.90. The first-order valence-electron chi connectivity index (χ1n) is 5.67. The molecule has 0 unspecified atom stereocenters. The molecule has 0 saturated carbocycles. The first kappa shape index (κ1) is 12.8. The van der Waals surface area contributed by atoms with Gasteiger partial charge in [0.25, 0.3) is 0 Å². The van der Waals surface area contributed by atoms with Crippen LogP contribution in [0.5, 0.6) is 0 Å². The SMILES string of the molecule is Cc1c(C)c(C)c(C#CCCO)c(C)c1C. The van der Waals surface area contributed by atoms with Gasteiger partial charge < -0.3 is 5.11 Å². The van der Waals surface area contributed by atoms with E-state index in [4.69, 9.17) is 5.11 Å². The third-order valence-electron chi connectivity index (χ3n) is 3.45. The summed E-state index contributed by atoms with van der Waals surface area (Å²) in [4.78, 5) is 0. The molecule has 0 aliphatic heterocycles. The van der Waals surface area contributed by atoms with E-state index >= 15 is 0 Å². The van der Waals surface area contributed by atoms with Crippen LogP contribution < -0.4 is 0 Å². The van der Waals surface area contributed by atoms with Gasteiger partial charge in [-0.2, -0.15) is 0 Å². The minimum atomic E-state index is 0.134. The molecule has 1 nitrogen and oxygen atoms in total. The van der Waals surface area contributed by atoms with Crippen LogP contribution in [0.2, 0.25) is 0 Å². The standard InChI is InChI=1S/C15H20O/c1-10-11(2)13(4)15(8-6-7-9-16)14(5)12(10)3/h16H,7,9H2,1-5H3. The van der Waals surface area contributed by atoms with Crippen molar-refractivity contribution in [2.45, 2.75) is 41.0 Å². The lowest BCUT2D eigenvalue weighted by molar-refractivity contribution is 0.305. The van der Waals surface area contributed by atoms with E-state index in [-0.39, 0.29) is 6.61 Å². The van der Waals surface area contributed by atoms with Crippen LogP contribution >= 0.6 is 0 Å². The second-order valence-corrected chi connectivity index (χ2v) is 4.28. The van der Waals surface area contributed by atoms with Crippen molar-refractivity contribution in [3.63, 3.8) is 0 Å². The van der Waals surface area contributed by atoms with Gasteiger partial charge in [0.15, 0.2) is 0 Å². The maximum atomic E-state index is 8.73. The third-order valence-corrected chi connectivity index (χ3v) is 3.45. The zero-order valence-corrected chi connectivity index (χ0v) is 10.9. The topological polar surface area (TPSA) is 20.2 Å². The highest BCUT2D eigenvalue weighted by atomic mass is 16.2. The molecular weight excluding hydrogens is 196 g/mol. The smallest absolute Gasteiger partial charge is 0.0540 e. The van der Waals surface area contributed by atoms with Crippen LogP contribution in [0.15, 0.2) is 0 Å². The Hall–Kier alpha value is -1.26. The summed E-state index contributed by atoms with van der Waals surface area (Å²) in [5, 5.41) is 8.73. The van der Waals surface area contributed by atoms with E-state index in [1.165, 1.54) is 27.8 Å². The monoisotopic (exact) mass is 216 g/mol. The van der Waals surface area contributed by atoms with Crippen LogP contribution in [0.1, 0.15) is 39.8 Å². The molecule has 0 aliphatic carbocycles. The van der Waals surface area contributed by atoms with Gasteiger partial charge in [-0.1, -0.05) is 11.8 Å². The molecule has 0 atom stereocenters. The molecule has 1 aromatic rings. The van der Waals surface area contributed by atoms with Crippen molar-refractivity contribution in [3.8, 4) is 11.8 Å². The van der Waals surface area contributed by atoms with Crippen LogP contribution in [0, 0.1) is 46.5 Å². The number of aliphatic hydroxyl groups is 1. The van der Waals surface area contributed by atoms with E-state index in [1.807, 2.05) is 0 Å². The fourth-order valence-electron chi connectivity index (χ4n) is 1.89. The largest absolute Gasteiger partial charge is 0.395 e. The lowest BCUT2D eigenvalue weighted by Gasteiger charge is -2.14. The minimum absolute atomic E-state index is 0.134. The normalized spacial score (nSPS) is 9.88. The van der Waals surface area contributed by atoms with Crippen molar-refractivity contribution in [2.75, 3.05) is 6.61 Å². The average molecular weight is 216 g/mol. The van der Waals surface area contributed by atoms with Gasteiger partial charge in [-0.3, -0.25) is 0 Å². The highest BCUT2D eigenvalue weighted by Gasteiger charge is 2.09. The molecule has 0 spiro atoms. The van der Waals surface area contributed by atoms with E-state index in [0.717, 1.165) is 5.56 Å². The van der Waals surface area contributed by atoms with Gasteiger partial charge in [-0.25, -0.2) is 0 Å². The van der Waals surface area contributed by atoms with Gasteiger partial charge in [-0.05, 0) is 62.4 Å². The summed E-state index contributed by atoms with van der Waals surface area (Å²) in [6.07, 6.45) is 0.546. The van der Waals surface area contributed by atoms with Gasteiger partial charge in [0.1, 0.15) is 0 Å². The van der Waals surface area contributed by atoms with Gasteiger partial charge >= 0.3 is 0 Å². The van der Waals surface area contributed by atoms with Crippen LogP contribution in [0.3, 0.4) is 0 Å². The summed E-state index contributed by atoms with van der Waals surface area (Å²) < 4.78 is 0. The molecule has 0 aliphatic rings. The molecule has 0 fully saturated rings. The molecule has 1 heteroatoms. The zero-order chi connectivity index (χ0) is 12.3. The fraction of sp³-hybridized carbons (Fsp3) is 0.467. The van der Waals surface area contributed by atoms with Gasteiger partial charge in [0.05, 0.1) is 6.61 Å². The summed E-state index contributed by atoms with van der Waals surface area (Å²) in [5.74, 6) is 6.19. The first-order chi connectivity index (χ1) is 7.50. The predicted molar refractivity (Wildman–Crippen MR) is 68.7 cm³/mol. The van der Waals surface area contributed by atoms with Crippen molar-refractivity contribution in [2.24, 2.45) is 0 Å². The molecule has 0 saturated heterocycles. The Morgan fingerprint density at radius 2 is 1.25 bits per heavy atom. The lowest BCUT2D eigenvalue weighted by Crippen LogP contribution is -1.99. The zero-order valence-electron chi connectivity index (χ0n) is 10.9. The van der Waals surface area contributed by atoms with Crippen LogP contribution in [0.4, 0.5) is 0 Å². The Morgan fingerprint density at radius 3 is 1.69 bits per heavy atom. The molecule has 0 radical (unpaired) electrons. The molecule has 0 aromatic heterocycles. The van der Waals surface area contributed by atoms with Crippen LogP contribution in [-0.4, -0.2) is 11.7 Å². The van der Waals surface area contributed by atoms with Crippen LogP contribution in [-0.2, 0) is 0 Å². The van der Waals surface area contributed by atoms with Crippen molar-refractivity contribution in [3.05, 3.63) is 33.4 Å². The Bertz CT molecular complexity index is 430. The van der Waals surface area contributed by atoms with E-state index in [9.17, 15) is 0 Å². The average Bonchev–Trinajstić information content (AvgIpc) is 2.28.